The number of rotatable bonds is 7. The minimum absolute atomic E-state index is 0.0214. The minimum Gasteiger partial charge on any atom is -0.455 e. The average Bonchev–Trinajstić information content (AvgIpc) is 2.63. The van der Waals surface area contributed by atoms with Gasteiger partial charge in [-0.2, -0.15) is 4.72 Å². The Morgan fingerprint density at radius 2 is 1.71 bits per heavy atom. The zero-order valence-electron chi connectivity index (χ0n) is 15.1. The van der Waals surface area contributed by atoms with Crippen LogP contribution in [0, 0.1) is 25.5 Å². The van der Waals surface area contributed by atoms with Crippen molar-refractivity contribution in [1.82, 2.24) is 4.72 Å². The zero-order chi connectivity index (χ0) is 20.9. The fourth-order valence-corrected chi connectivity index (χ4v) is 3.51. The lowest BCUT2D eigenvalue weighted by Crippen LogP contribution is -2.32. The van der Waals surface area contributed by atoms with Crippen LogP contribution in [0.15, 0.2) is 41.3 Å². The van der Waals surface area contributed by atoms with Gasteiger partial charge in [0.1, 0.15) is 23.9 Å². The highest BCUT2D eigenvalue weighted by atomic mass is 32.2. The van der Waals surface area contributed by atoms with Crippen LogP contribution in [0.2, 0.25) is 0 Å². The first-order valence-electron chi connectivity index (χ1n) is 8.06. The SMILES string of the molecule is Cc1ccc(C)c(S(=O)(=O)NCC(=O)OCC(=O)Nc2c(F)cccc2F)c1. The van der Waals surface area contributed by atoms with E-state index >= 15 is 0 Å². The second kappa shape index (κ2) is 8.89. The van der Waals surface area contributed by atoms with Crippen LogP contribution >= 0.6 is 0 Å². The number of hydrogen-bond donors (Lipinski definition) is 2. The highest BCUT2D eigenvalue weighted by Gasteiger charge is 2.19. The molecule has 0 aliphatic rings. The standard InChI is InChI=1S/C18H18F2N2O5S/c1-11-6-7-12(2)15(8-11)28(25,26)21-9-17(24)27-10-16(23)22-18-13(19)4-3-5-14(18)20/h3-8,21H,9-10H2,1-2H3,(H,22,23). The summed E-state index contributed by atoms with van der Waals surface area (Å²) in [5, 5.41) is 1.94. The van der Waals surface area contributed by atoms with Crippen molar-refractivity contribution in [3.8, 4) is 0 Å². The molecule has 2 N–H and O–H groups in total. The molecular formula is C18H18F2N2O5S. The highest BCUT2D eigenvalue weighted by molar-refractivity contribution is 7.89. The van der Waals surface area contributed by atoms with Gasteiger partial charge in [0.05, 0.1) is 4.90 Å². The molecule has 0 aliphatic carbocycles. The van der Waals surface area contributed by atoms with Crippen LogP contribution in [-0.2, 0) is 24.3 Å². The molecule has 0 atom stereocenters. The summed E-state index contributed by atoms with van der Waals surface area (Å²) in [5.74, 6) is -3.98. The zero-order valence-corrected chi connectivity index (χ0v) is 15.9. The number of hydrogen-bond acceptors (Lipinski definition) is 5. The molecule has 28 heavy (non-hydrogen) atoms. The van der Waals surface area contributed by atoms with E-state index in [1.807, 2.05) is 5.32 Å². The summed E-state index contributed by atoms with van der Waals surface area (Å²) < 4.78 is 58.2. The van der Waals surface area contributed by atoms with Crippen molar-refractivity contribution in [3.05, 3.63) is 59.2 Å². The molecule has 2 rings (SSSR count). The molecule has 0 radical (unpaired) electrons. The van der Waals surface area contributed by atoms with E-state index in [4.69, 9.17) is 0 Å². The number of anilines is 1. The molecule has 7 nitrogen and oxygen atoms in total. The molecule has 0 fully saturated rings. The summed E-state index contributed by atoms with van der Waals surface area (Å²) in [7, 11) is -3.96. The second-order valence-electron chi connectivity index (χ2n) is 5.90. The Bertz CT molecular complexity index is 989. The van der Waals surface area contributed by atoms with Gasteiger partial charge in [0, 0.05) is 0 Å². The summed E-state index contributed by atoms with van der Waals surface area (Å²) in [5.41, 5.74) is 0.558. The van der Waals surface area contributed by atoms with Gasteiger partial charge in [-0.15, -0.1) is 0 Å². The van der Waals surface area contributed by atoms with E-state index in [0.717, 1.165) is 23.8 Å². The lowest BCUT2D eigenvalue weighted by molar-refractivity contribution is -0.146. The first-order chi connectivity index (χ1) is 13.1. The van der Waals surface area contributed by atoms with Gasteiger partial charge in [0.15, 0.2) is 6.61 Å². The number of ether oxygens (including phenoxy) is 1. The molecule has 0 unspecified atom stereocenters. The number of esters is 1. The van der Waals surface area contributed by atoms with Gasteiger partial charge in [-0.25, -0.2) is 17.2 Å². The van der Waals surface area contributed by atoms with Gasteiger partial charge in [-0.05, 0) is 43.2 Å². The fourth-order valence-electron chi connectivity index (χ4n) is 2.22. The highest BCUT2D eigenvalue weighted by Crippen LogP contribution is 2.18. The summed E-state index contributed by atoms with van der Waals surface area (Å²) in [6.45, 7) is 1.79. The molecule has 0 bridgehead atoms. The third-order valence-electron chi connectivity index (χ3n) is 3.63. The van der Waals surface area contributed by atoms with Crippen LogP contribution in [-0.4, -0.2) is 33.4 Å². The average molecular weight is 412 g/mol. The maximum Gasteiger partial charge on any atom is 0.321 e. The van der Waals surface area contributed by atoms with E-state index in [-0.39, 0.29) is 4.90 Å². The predicted octanol–water partition coefficient (Wildman–Crippen LogP) is 2.04. The van der Waals surface area contributed by atoms with E-state index in [2.05, 4.69) is 9.46 Å². The molecule has 10 heteroatoms. The molecule has 1 amide bonds. The van der Waals surface area contributed by atoms with Gasteiger partial charge < -0.3 is 10.1 Å². The van der Waals surface area contributed by atoms with Gasteiger partial charge >= 0.3 is 5.97 Å². The van der Waals surface area contributed by atoms with Gasteiger partial charge in [-0.3, -0.25) is 9.59 Å². The maximum atomic E-state index is 13.4. The van der Waals surface area contributed by atoms with E-state index < -0.39 is 52.4 Å². The monoisotopic (exact) mass is 412 g/mol. The molecular weight excluding hydrogens is 394 g/mol. The lowest BCUT2D eigenvalue weighted by atomic mass is 10.2. The number of halogens is 2. The normalized spacial score (nSPS) is 11.1. The van der Waals surface area contributed by atoms with Crippen molar-refractivity contribution in [3.63, 3.8) is 0 Å². The molecule has 150 valence electrons. The van der Waals surface area contributed by atoms with Crippen LogP contribution in [0.25, 0.3) is 0 Å². The fraction of sp³-hybridized carbons (Fsp3) is 0.222. The molecule has 0 aliphatic heterocycles. The number of sulfonamides is 1. The molecule has 0 saturated carbocycles. The van der Waals surface area contributed by atoms with Gasteiger partial charge in [-0.1, -0.05) is 18.2 Å². The van der Waals surface area contributed by atoms with E-state index in [1.54, 1.807) is 26.0 Å². The van der Waals surface area contributed by atoms with Crippen LogP contribution < -0.4 is 10.0 Å². The quantitative estimate of drug-likeness (QED) is 0.678. The second-order valence-corrected chi connectivity index (χ2v) is 7.63. The number of para-hydroxylation sites is 1. The predicted molar refractivity (Wildman–Crippen MR) is 97.1 cm³/mol. The topological polar surface area (TPSA) is 102 Å². The first-order valence-corrected chi connectivity index (χ1v) is 9.55. The van der Waals surface area contributed by atoms with Crippen LogP contribution in [0.4, 0.5) is 14.5 Å². The first kappa shape index (κ1) is 21.5. The van der Waals surface area contributed by atoms with Crippen LogP contribution in [0.5, 0.6) is 0 Å². The van der Waals surface area contributed by atoms with Crippen molar-refractivity contribution in [2.24, 2.45) is 0 Å². The number of carbonyl (C=O) groups is 2. The molecule has 2 aromatic carbocycles. The van der Waals surface area contributed by atoms with Gasteiger partial charge in [0.2, 0.25) is 10.0 Å². The van der Waals surface area contributed by atoms with E-state index in [9.17, 15) is 26.8 Å². The van der Waals surface area contributed by atoms with Gasteiger partial charge in [0.25, 0.3) is 5.91 Å². The van der Waals surface area contributed by atoms with Crippen LogP contribution in [0.1, 0.15) is 11.1 Å². The van der Waals surface area contributed by atoms with Crippen molar-refractivity contribution in [1.29, 1.82) is 0 Å². The molecule has 2 aromatic rings. The number of aryl methyl sites for hydroxylation is 2. The summed E-state index contributed by atoms with van der Waals surface area (Å²) in [6.07, 6.45) is 0. The lowest BCUT2D eigenvalue weighted by Gasteiger charge is -2.11. The molecule has 0 saturated heterocycles. The van der Waals surface area contributed by atoms with Crippen LogP contribution in [0.3, 0.4) is 0 Å². The van der Waals surface area contributed by atoms with Crippen molar-refractivity contribution < 1.29 is 31.5 Å². The smallest absolute Gasteiger partial charge is 0.321 e. The van der Waals surface area contributed by atoms with E-state index in [0.29, 0.717) is 5.56 Å². The number of amides is 1. The number of benzene rings is 2. The Balaban J connectivity index is 1.89. The molecule has 0 aromatic heterocycles. The summed E-state index contributed by atoms with van der Waals surface area (Å²) in [4.78, 5) is 23.4. The maximum absolute atomic E-state index is 13.4. The summed E-state index contributed by atoms with van der Waals surface area (Å²) in [6, 6.07) is 7.87. The van der Waals surface area contributed by atoms with Crippen molar-refractivity contribution in [2.75, 3.05) is 18.5 Å². The Hall–Kier alpha value is -2.85. The third-order valence-corrected chi connectivity index (χ3v) is 5.17. The minimum atomic E-state index is -3.96. The Labute approximate surface area is 160 Å². The Morgan fingerprint density at radius 3 is 2.36 bits per heavy atom. The number of carbonyl (C=O) groups excluding carboxylic acids is 2. The Kier molecular flexibility index (Phi) is 6.81. The van der Waals surface area contributed by atoms with Crippen molar-refractivity contribution in [2.45, 2.75) is 18.7 Å². The third kappa shape index (κ3) is 5.57. The number of nitrogens with one attached hydrogen (secondary N) is 2. The molecule has 0 spiro atoms. The van der Waals surface area contributed by atoms with E-state index in [1.165, 1.54) is 6.07 Å². The summed E-state index contributed by atoms with van der Waals surface area (Å²) >= 11 is 0. The largest absolute Gasteiger partial charge is 0.455 e. The molecule has 0 heterocycles. The Morgan fingerprint density at radius 1 is 1.07 bits per heavy atom. The van der Waals surface area contributed by atoms with Crippen molar-refractivity contribution >= 4 is 27.6 Å².